The van der Waals surface area contributed by atoms with Crippen LogP contribution in [0.3, 0.4) is 0 Å². The fourth-order valence-electron chi connectivity index (χ4n) is 0.958. The van der Waals surface area contributed by atoms with Crippen LogP contribution in [0.4, 0.5) is 0 Å². The van der Waals surface area contributed by atoms with E-state index in [-0.39, 0.29) is 17.8 Å². The number of carbonyl (C=O) groups excluding carboxylic acids is 3. The molecule has 0 unspecified atom stereocenters. The lowest BCUT2D eigenvalue weighted by atomic mass is 10.2. The molecule has 0 radical (unpaired) electrons. The van der Waals surface area contributed by atoms with E-state index in [0.29, 0.717) is 0 Å². The maximum Gasteiger partial charge on any atom is 0.382 e. The van der Waals surface area contributed by atoms with Crippen molar-refractivity contribution in [3.63, 3.8) is 0 Å². The Balaban J connectivity index is 2.97. The topological polar surface area (TPSA) is 69.7 Å². The normalized spacial score (nSPS) is 15.5. The summed E-state index contributed by atoms with van der Waals surface area (Å²) >= 11 is 0. The van der Waals surface area contributed by atoms with Gasteiger partial charge in [0.1, 0.15) is 0 Å². The van der Waals surface area contributed by atoms with E-state index in [1.807, 2.05) is 0 Å². The van der Waals surface area contributed by atoms with Crippen molar-refractivity contribution < 1.29 is 23.9 Å². The highest BCUT2D eigenvalue weighted by atomic mass is 16.6. The third kappa shape index (κ3) is 1.71. The molecule has 1 heterocycles. The van der Waals surface area contributed by atoms with Crippen molar-refractivity contribution >= 4 is 17.9 Å². The van der Waals surface area contributed by atoms with Crippen molar-refractivity contribution in [2.24, 2.45) is 0 Å². The van der Waals surface area contributed by atoms with Crippen molar-refractivity contribution in [2.45, 2.75) is 13.3 Å². The minimum Gasteiger partial charge on any atom is -0.415 e. The zero-order valence-electron chi connectivity index (χ0n) is 7.53. The van der Waals surface area contributed by atoms with Crippen LogP contribution < -0.4 is 0 Å². The summed E-state index contributed by atoms with van der Waals surface area (Å²) < 4.78 is 8.83. The molecule has 0 bridgehead atoms. The van der Waals surface area contributed by atoms with Crippen molar-refractivity contribution in [3.05, 3.63) is 24.0 Å². The molecular weight excluding hydrogens is 188 g/mol. The van der Waals surface area contributed by atoms with E-state index < -0.39 is 17.9 Å². The molecule has 14 heavy (non-hydrogen) atoms. The quantitative estimate of drug-likeness (QED) is 0.372. The van der Waals surface area contributed by atoms with Gasteiger partial charge < -0.3 is 9.47 Å². The highest BCUT2D eigenvalue weighted by Crippen LogP contribution is 2.21. The summed E-state index contributed by atoms with van der Waals surface area (Å²) in [6.07, 6.45) is 1.17. The Hall–Kier alpha value is -1.91. The van der Waals surface area contributed by atoms with Gasteiger partial charge in [-0.3, -0.25) is 0 Å². The molecule has 0 saturated carbocycles. The van der Waals surface area contributed by atoms with E-state index >= 15 is 0 Å². The molecule has 5 heteroatoms. The number of rotatable bonds is 3. The van der Waals surface area contributed by atoms with Crippen molar-refractivity contribution in [3.8, 4) is 0 Å². The fraction of sp³-hybridized carbons (Fsp3) is 0.222. The average molecular weight is 196 g/mol. The van der Waals surface area contributed by atoms with Crippen LogP contribution in [0.5, 0.6) is 0 Å². The Kier molecular flexibility index (Phi) is 2.81. The fourth-order valence-corrected chi connectivity index (χ4v) is 0.958. The Morgan fingerprint density at radius 3 is 2.64 bits per heavy atom. The first-order chi connectivity index (χ1) is 6.60. The van der Waals surface area contributed by atoms with Gasteiger partial charge in [0.15, 0.2) is 0 Å². The summed E-state index contributed by atoms with van der Waals surface area (Å²) in [7, 11) is 0. The lowest BCUT2D eigenvalue weighted by Gasteiger charge is -1.98. The molecule has 74 valence electrons. The minimum absolute atomic E-state index is 0.0743. The van der Waals surface area contributed by atoms with Crippen LogP contribution in [-0.4, -0.2) is 17.9 Å². The number of ether oxygens (including phenoxy) is 2. The summed E-state index contributed by atoms with van der Waals surface area (Å²) in [6, 6.07) is 0. The molecule has 0 aliphatic carbocycles. The van der Waals surface area contributed by atoms with Crippen LogP contribution in [0.2, 0.25) is 0 Å². The predicted molar refractivity (Wildman–Crippen MR) is 44.7 cm³/mol. The molecule has 1 aliphatic rings. The number of esters is 3. The van der Waals surface area contributed by atoms with E-state index in [4.69, 9.17) is 0 Å². The summed E-state index contributed by atoms with van der Waals surface area (Å²) in [6.45, 7) is 4.81. The van der Waals surface area contributed by atoms with Crippen LogP contribution in [-0.2, 0) is 23.9 Å². The molecule has 5 nitrogen and oxygen atoms in total. The van der Waals surface area contributed by atoms with Crippen LogP contribution in [0, 0.1) is 0 Å². The summed E-state index contributed by atoms with van der Waals surface area (Å²) in [5, 5.41) is 0. The third-order valence-corrected chi connectivity index (χ3v) is 1.61. The van der Waals surface area contributed by atoms with Crippen LogP contribution in [0.15, 0.2) is 24.0 Å². The number of hydrogen-bond acceptors (Lipinski definition) is 5. The smallest absolute Gasteiger partial charge is 0.382 e. The van der Waals surface area contributed by atoms with Gasteiger partial charge in [-0.1, -0.05) is 13.5 Å². The van der Waals surface area contributed by atoms with Crippen molar-refractivity contribution in [1.82, 2.24) is 0 Å². The summed E-state index contributed by atoms with van der Waals surface area (Å²) in [5.41, 5.74) is 0.0743. The highest BCUT2D eigenvalue weighted by molar-refractivity contribution is 6.12. The molecular formula is C9H8O5. The monoisotopic (exact) mass is 196 g/mol. The summed E-state index contributed by atoms with van der Waals surface area (Å²) in [5.74, 6) is -2.81. The SMILES string of the molecule is C=CC(=O)OC1=C(CC)C(=O)OC1=O. The van der Waals surface area contributed by atoms with E-state index in [2.05, 4.69) is 16.1 Å². The largest absolute Gasteiger partial charge is 0.415 e. The van der Waals surface area contributed by atoms with Gasteiger partial charge in [-0.25, -0.2) is 14.4 Å². The van der Waals surface area contributed by atoms with E-state index in [1.165, 1.54) is 0 Å². The average Bonchev–Trinajstić information content (AvgIpc) is 2.41. The van der Waals surface area contributed by atoms with Gasteiger partial charge in [-0.15, -0.1) is 0 Å². The van der Waals surface area contributed by atoms with Gasteiger partial charge in [0.05, 0.1) is 5.57 Å². The standard InChI is InChI=1S/C9H8O5/c1-3-5-7(13-6(10)4-2)9(12)14-8(5)11/h4H,2-3H2,1H3. The lowest BCUT2D eigenvalue weighted by Crippen LogP contribution is -2.08. The van der Waals surface area contributed by atoms with Crippen molar-refractivity contribution in [1.29, 1.82) is 0 Å². The van der Waals surface area contributed by atoms with Crippen LogP contribution >= 0.6 is 0 Å². The second-order valence-corrected chi connectivity index (χ2v) is 2.46. The summed E-state index contributed by atoms with van der Waals surface area (Å²) in [4.78, 5) is 32.8. The maximum atomic E-state index is 11.0. The highest BCUT2D eigenvalue weighted by Gasteiger charge is 2.34. The number of carbonyl (C=O) groups is 3. The van der Waals surface area contributed by atoms with Gasteiger partial charge in [0.2, 0.25) is 5.76 Å². The maximum absolute atomic E-state index is 11.0. The third-order valence-electron chi connectivity index (χ3n) is 1.61. The Morgan fingerprint density at radius 1 is 1.50 bits per heavy atom. The number of cyclic esters (lactones) is 2. The van der Waals surface area contributed by atoms with Gasteiger partial charge in [0, 0.05) is 6.08 Å². The molecule has 0 aromatic carbocycles. The first-order valence-corrected chi connectivity index (χ1v) is 3.94. The molecule has 1 rings (SSSR count). The van der Waals surface area contributed by atoms with E-state index in [9.17, 15) is 14.4 Å². The van der Waals surface area contributed by atoms with Crippen molar-refractivity contribution in [2.75, 3.05) is 0 Å². The Labute approximate surface area is 80.0 Å². The number of hydrogen-bond donors (Lipinski definition) is 0. The van der Waals surface area contributed by atoms with Crippen LogP contribution in [0.1, 0.15) is 13.3 Å². The van der Waals surface area contributed by atoms with E-state index in [0.717, 1.165) is 6.08 Å². The molecule has 0 aromatic rings. The minimum atomic E-state index is -0.929. The lowest BCUT2D eigenvalue weighted by molar-refractivity contribution is -0.154. The second-order valence-electron chi connectivity index (χ2n) is 2.46. The predicted octanol–water partition coefficient (Wildman–Crippen LogP) is 0.463. The molecule has 0 amide bonds. The molecule has 0 spiro atoms. The first kappa shape index (κ1) is 10.2. The molecule has 0 fully saturated rings. The first-order valence-electron chi connectivity index (χ1n) is 3.94. The molecule has 0 saturated heterocycles. The molecule has 0 aromatic heterocycles. The van der Waals surface area contributed by atoms with Gasteiger partial charge in [0.25, 0.3) is 0 Å². The van der Waals surface area contributed by atoms with Gasteiger partial charge in [-0.05, 0) is 6.42 Å². The zero-order chi connectivity index (χ0) is 10.7. The van der Waals surface area contributed by atoms with Crippen LogP contribution in [0.25, 0.3) is 0 Å². The Morgan fingerprint density at radius 2 is 2.14 bits per heavy atom. The van der Waals surface area contributed by atoms with E-state index in [1.54, 1.807) is 6.92 Å². The molecule has 1 aliphatic heterocycles. The van der Waals surface area contributed by atoms with Gasteiger partial charge in [-0.2, -0.15) is 0 Å². The van der Waals surface area contributed by atoms with Gasteiger partial charge >= 0.3 is 17.9 Å². The second kappa shape index (κ2) is 3.87. The Bertz CT molecular complexity index is 350. The molecule has 0 atom stereocenters. The molecule has 0 N–H and O–H groups in total. The zero-order valence-corrected chi connectivity index (χ0v) is 7.53.